The Bertz CT molecular complexity index is 673. The highest BCUT2D eigenvalue weighted by molar-refractivity contribution is 5.27. The maximum Gasteiger partial charge on any atom is 0.266 e. The fraction of sp³-hybridized carbons (Fsp3) is 0.444. The van der Waals surface area contributed by atoms with Crippen LogP contribution in [-0.2, 0) is 6.54 Å². The highest BCUT2D eigenvalue weighted by Gasteiger charge is 2.23. The second-order valence-electron chi connectivity index (χ2n) is 6.04. The third-order valence-electron chi connectivity index (χ3n) is 4.54. The van der Waals surface area contributed by atoms with Gasteiger partial charge in [0.15, 0.2) is 0 Å². The summed E-state index contributed by atoms with van der Waals surface area (Å²) in [4.78, 5) is 11.8. The number of hydrogen-bond donors (Lipinski definition) is 1. The first kappa shape index (κ1) is 15.7. The molecule has 1 aliphatic rings. The Morgan fingerprint density at radius 2 is 1.91 bits per heavy atom. The smallest absolute Gasteiger partial charge is 0.266 e. The van der Waals surface area contributed by atoms with Crippen molar-refractivity contribution >= 4 is 0 Å². The number of methoxy groups -OCH3 is 1. The fourth-order valence-electron chi connectivity index (χ4n) is 3.17. The van der Waals surface area contributed by atoms with Crippen molar-refractivity contribution in [3.8, 4) is 5.75 Å². The molecule has 1 heterocycles. The van der Waals surface area contributed by atoms with E-state index < -0.39 is 0 Å². The molecular formula is C18H23N3O2. The third-order valence-corrected chi connectivity index (χ3v) is 4.54. The van der Waals surface area contributed by atoms with Crippen molar-refractivity contribution in [2.24, 2.45) is 0 Å². The van der Waals surface area contributed by atoms with Crippen LogP contribution in [0.5, 0.6) is 5.75 Å². The Morgan fingerprint density at radius 1 is 1.17 bits per heavy atom. The van der Waals surface area contributed by atoms with Crippen LogP contribution in [0.3, 0.4) is 0 Å². The van der Waals surface area contributed by atoms with Crippen LogP contribution in [0.25, 0.3) is 0 Å². The molecule has 1 aromatic heterocycles. The molecule has 0 saturated heterocycles. The minimum atomic E-state index is 0.00198. The van der Waals surface area contributed by atoms with Crippen LogP contribution in [0, 0.1) is 0 Å². The molecule has 0 aliphatic heterocycles. The number of ether oxygens (including phenoxy) is 1. The van der Waals surface area contributed by atoms with Gasteiger partial charge in [-0.15, -0.1) is 0 Å². The monoisotopic (exact) mass is 313 g/mol. The lowest BCUT2D eigenvalue weighted by atomic mass is 9.91. The summed E-state index contributed by atoms with van der Waals surface area (Å²) < 4.78 is 6.81. The van der Waals surface area contributed by atoms with Gasteiger partial charge in [0.2, 0.25) is 0 Å². The number of nitrogens with zero attached hydrogens (tertiary/aromatic N) is 2. The van der Waals surface area contributed by atoms with Gasteiger partial charge >= 0.3 is 0 Å². The van der Waals surface area contributed by atoms with E-state index in [0.717, 1.165) is 38.0 Å². The summed E-state index contributed by atoms with van der Waals surface area (Å²) in [5.74, 6) is 0.884. The van der Waals surface area contributed by atoms with E-state index in [9.17, 15) is 4.79 Å². The van der Waals surface area contributed by atoms with E-state index in [-0.39, 0.29) is 11.6 Å². The van der Waals surface area contributed by atoms with Gasteiger partial charge in [0, 0.05) is 24.8 Å². The minimum Gasteiger partial charge on any atom is -0.497 e. The summed E-state index contributed by atoms with van der Waals surface area (Å²) in [5.41, 5.74) is 1.26. The summed E-state index contributed by atoms with van der Waals surface area (Å²) in [5, 5.41) is 7.82. The molecule has 0 unspecified atom stereocenters. The SMILES string of the molecule is COc1ccc(CNC2CCC(n3ncccc3=O)CC2)cc1. The molecule has 5 nitrogen and oxygen atoms in total. The molecule has 0 radical (unpaired) electrons. The Hall–Kier alpha value is -2.14. The van der Waals surface area contributed by atoms with Crippen molar-refractivity contribution in [2.45, 2.75) is 44.3 Å². The molecule has 1 aliphatic carbocycles. The predicted molar refractivity (Wildman–Crippen MR) is 89.6 cm³/mol. The molecule has 1 aromatic carbocycles. The molecule has 122 valence electrons. The van der Waals surface area contributed by atoms with E-state index in [4.69, 9.17) is 4.74 Å². The maximum atomic E-state index is 11.8. The number of nitrogens with one attached hydrogen (secondary N) is 1. The Kier molecular flexibility index (Phi) is 5.08. The molecule has 0 amide bonds. The molecule has 0 atom stereocenters. The lowest BCUT2D eigenvalue weighted by Gasteiger charge is -2.29. The summed E-state index contributed by atoms with van der Waals surface area (Å²) >= 11 is 0. The van der Waals surface area contributed by atoms with Crippen LogP contribution in [0.15, 0.2) is 47.4 Å². The zero-order chi connectivity index (χ0) is 16.1. The highest BCUT2D eigenvalue weighted by Crippen LogP contribution is 2.27. The summed E-state index contributed by atoms with van der Waals surface area (Å²) in [6.07, 6.45) is 5.83. The Labute approximate surface area is 136 Å². The van der Waals surface area contributed by atoms with Gasteiger partial charge in [-0.2, -0.15) is 5.10 Å². The second kappa shape index (κ2) is 7.42. The van der Waals surface area contributed by atoms with Gasteiger partial charge in [-0.3, -0.25) is 4.79 Å². The summed E-state index contributed by atoms with van der Waals surface area (Å²) in [7, 11) is 1.68. The third kappa shape index (κ3) is 3.99. The normalized spacial score (nSPS) is 21.1. The van der Waals surface area contributed by atoms with E-state index in [1.807, 2.05) is 12.1 Å². The maximum absolute atomic E-state index is 11.8. The molecule has 1 saturated carbocycles. The molecule has 0 spiro atoms. The van der Waals surface area contributed by atoms with Crippen LogP contribution < -0.4 is 15.6 Å². The Balaban J connectivity index is 1.49. The molecule has 1 N–H and O–H groups in total. The number of benzene rings is 1. The molecule has 1 fully saturated rings. The van der Waals surface area contributed by atoms with E-state index in [0.29, 0.717) is 6.04 Å². The van der Waals surface area contributed by atoms with Gasteiger partial charge < -0.3 is 10.1 Å². The van der Waals surface area contributed by atoms with Crippen molar-refractivity contribution in [1.82, 2.24) is 15.1 Å². The van der Waals surface area contributed by atoms with Crippen LogP contribution in [0.2, 0.25) is 0 Å². The molecule has 0 bridgehead atoms. The van der Waals surface area contributed by atoms with E-state index in [2.05, 4.69) is 22.5 Å². The zero-order valence-electron chi connectivity index (χ0n) is 13.4. The van der Waals surface area contributed by atoms with Gasteiger partial charge in [-0.05, 0) is 49.4 Å². The molecule has 3 rings (SSSR count). The first-order valence-corrected chi connectivity index (χ1v) is 8.16. The van der Waals surface area contributed by atoms with E-state index in [1.54, 1.807) is 30.1 Å². The van der Waals surface area contributed by atoms with Crippen molar-refractivity contribution in [3.05, 3.63) is 58.5 Å². The molecule has 23 heavy (non-hydrogen) atoms. The second-order valence-corrected chi connectivity index (χ2v) is 6.04. The van der Waals surface area contributed by atoms with Gasteiger partial charge in [-0.25, -0.2) is 4.68 Å². The largest absolute Gasteiger partial charge is 0.497 e. The van der Waals surface area contributed by atoms with Crippen molar-refractivity contribution in [1.29, 1.82) is 0 Å². The highest BCUT2D eigenvalue weighted by atomic mass is 16.5. The number of hydrogen-bond acceptors (Lipinski definition) is 4. The topological polar surface area (TPSA) is 56.1 Å². The van der Waals surface area contributed by atoms with Crippen LogP contribution in [0.1, 0.15) is 37.3 Å². The predicted octanol–water partition coefficient (Wildman–Crippen LogP) is 2.53. The van der Waals surface area contributed by atoms with Crippen molar-refractivity contribution < 1.29 is 4.74 Å². The van der Waals surface area contributed by atoms with Crippen molar-refractivity contribution in [2.75, 3.05) is 7.11 Å². The lowest BCUT2D eigenvalue weighted by molar-refractivity contribution is 0.268. The summed E-state index contributed by atoms with van der Waals surface area (Å²) in [6, 6.07) is 12.2. The number of aromatic nitrogens is 2. The van der Waals surface area contributed by atoms with Gasteiger partial charge in [0.1, 0.15) is 5.75 Å². The zero-order valence-corrected chi connectivity index (χ0v) is 13.4. The van der Waals surface area contributed by atoms with E-state index >= 15 is 0 Å². The minimum absolute atomic E-state index is 0.00198. The summed E-state index contributed by atoms with van der Waals surface area (Å²) in [6.45, 7) is 0.864. The quantitative estimate of drug-likeness (QED) is 0.921. The van der Waals surface area contributed by atoms with E-state index in [1.165, 1.54) is 5.56 Å². The van der Waals surface area contributed by atoms with Crippen LogP contribution in [0.4, 0.5) is 0 Å². The molecular weight excluding hydrogens is 290 g/mol. The molecule has 5 heteroatoms. The van der Waals surface area contributed by atoms with Gasteiger partial charge in [0.05, 0.1) is 13.2 Å². The van der Waals surface area contributed by atoms with Crippen LogP contribution in [-0.4, -0.2) is 22.9 Å². The lowest BCUT2D eigenvalue weighted by Crippen LogP contribution is -2.36. The fourth-order valence-corrected chi connectivity index (χ4v) is 3.17. The average molecular weight is 313 g/mol. The molecule has 2 aromatic rings. The standard InChI is InChI=1S/C18H23N3O2/c1-23-17-10-4-14(5-11-17)13-19-15-6-8-16(9-7-15)21-18(22)3-2-12-20-21/h2-5,10-12,15-16,19H,6-9,13H2,1H3. The van der Waals surface area contributed by atoms with Gasteiger partial charge in [0.25, 0.3) is 5.56 Å². The van der Waals surface area contributed by atoms with Gasteiger partial charge in [-0.1, -0.05) is 12.1 Å². The first-order chi connectivity index (χ1) is 11.3. The number of rotatable bonds is 5. The van der Waals surface area contributed by atoms with Crippen LogP contribution >= 0.6 is 0 Å². The Morgan fingerprint density at radius 3 is 2.57 bits per heavy atom. The van der Waals surface area contributed by atoms with Crippen molar-refractivity contribution in [3.63, 3.8) is 0 Å². The first-order valence-electron chi connectivity index (χ1n) is 8.16. The average Bonchev–Trinajstić information content (AvgIpc) is 2.61.